The minimum absolute atomic E-state index is 0.443. The Morgan fingerprint density at radius 2 is 1.83 bits per heavy atom. The molecule has 0 aliphatic carbocycles. The maximum absolute atomic E-state index is 5.72. The first-order valence-electron chi connectivity index (χ1n) is 6.99. The summed E-state index contributed by atoms with van der Waals surface area (Å²) in [4.78, 5) is 12.5. The smallest absolute Gasteiger partial charge is 0.140 e. The van der Waals surface area contributed by atoms with Crippen molar-refractivity contribution in [1.29, 1.82) is 0 Å². The first kappa shape index (κ1) is 15.2. The fourth-order valence-corrected chi connectivity index (χ4v) is 2.53. The molecule has 3 aromatic rings. The Bertz CT molecular complexity index is 770. The average Bonchev–Trinajstić information content (AvgIpc) is 3.07. The summed E-state index contributed by atoms with van der Waals surface area (Å²) in [6.07, 6.45) is 7.07. The Labute approximate surface area is 138 Å². The largest absolute Gasteiger partial charge is 0.497 e. The summed E-state index contributed by atoms with van der Waals surface area (Å²) < 4.78 is 10.8. The molecule has 0 atom stereocenters. The molecule has 0 aliphatic heterocycles. The molecular weight excluding hydrogens is 310 g/mol. The molecule has 1 aromatic carbocycles. The number of benzene rings is 1. The van der Waals surface area contributed by atoms with Crippen LogP contribution >= 0.6 is 11.3 Å². The van der Waals surface area contributed by atoms with Crippen molar-refractivity contribution in [3.63, 3.8) is 0 Å². The number of ether oxygens (including phenoxy) is 2. The zero-order valence-electron chi connectivity index (χ0n) is 12.5. The Kier molecular flexibility index (Phi) is 4.95. The van der Waals surface area contributed by atoms with Crippen molar-refractivity contribution in [2.75, 3.05) is 7.11 Å². The summed E-state index contributed by atoms with van der Waals surface area (Å²) in [6.45, 7) is 0.443. The second-order valence-electron chi connectivity index (χ2n) is 4.60. The Hall–Kier alpha value is -2.73. The van der Waals surface area contributed by atoms with Gasteiger partial charge in [0.2, 0.25) is 0 Å². The van der Waals surface area contributed by atoms with E-state index in [1.807, 2.05) is 47.9 Å². The molecule has 3 rings (SSSR count). The van der Waals surface area contributed by atoms with Gasteiger partial charge >= 0.3 is 0 Å². The van der Waals surface area contributed by atoms with Crippen LogP contribution in [-0.2, 0) is 6.61 Å². The van der Waals surface area contributed by atoms with Gasteiger partial charge in [0, 0.05) is 11.6 Å². The third-order valence-corrected chi connectivity index (χ3v) is 3.86. The predicted molar refractivity (Wildman–Crippen MR) is 90.4 cm³/mol. The van der Waals surface area contributed by atoms with Crippen LogP contribution in [-0.4, -0.2) is 22.1 Å². The average molecular weight is 325 g/mol. The Balaban J connectivity index is 1.57. The molecule has 0 radical (unpaired) electrons. The lowest BCUT2D eigenvalue weighted by Crippen LogP contribution is -1.94. The van der Waals surface area contributed by atoms with Crippen molar-refractivity contribution in [3.05, 3.63) is 64.6 Å². The van der Waals surface area contributed by atoms with Gasteiger partial charge in [0.05, 0.1) is 18.5 Å². The zero-order valence-corrected chi connectivity index (χ0v) is 13.4. The SMILES string of the molecule is COc1ccc(OCc2nc(C=Cc3ccncn3)cs2)cc1. The quantitative estimate of drug-likeness (QED) is 0.692. The van der Waals surface area contributed by atoms with E-state index in [2.05, 4.69) is 15.0 Å². The van der Waals surface area contributed by atoms with E-state index in [1.54, 1.807) is 24.6 Å². The standard InChI is InChI=1S/C17H15N3O2S/c1-21-15-4-6-16(7-5-15)22-10-17-20-14(11-23-17)3-2-13-8-9-18-12-19-13/h2-9,11-12H,10H2,1H3. The lowest BCUT2D eigenvalue weighted by Gasteiger charge is -2.04. The number of methoxy groups -OCH3 is 1. The maximum Gasteiger partial charge on any atom is 0.140 e. The summed E-state index contributed by atoms with van der Waals surface area (Å²) in [7, 11) is 1.64. The molecule has 2 heterocycles. The normalized spacial score (nSPS) is 10.8. The number of nitrogens with zero attached hydrogens (tertiary/aromatic N) is 3. The molecule has 0 fully saturated rings. The third kappa shape index (κ3) is 4.37. The highest BCUT2D eigenvalue weighted by molar-refractivity contribution is 7.09. The zero-order chi connectivity index (χ0) is 15.9. The molecule has 0 N–H and O–H groups in total. The molecule has 6 heteroatoms. The molecule has 23 heavy (non-hydrogen) atoms. The van der Waals surface area contributed by atoms with Gasteiger partial charge in [0.15, 0.2) is 0 Å². The highest BCUT2D eigenvalue weighted by Crippen LogP contribution is 2.19. The van der Waals surface area contributed by atoms with E-state index >= 15 is 0 Å². The van der Waals surface area contributed by atoms with Crippen LogP contribution in [0.4, 0.5) is 0 Å². The lowest BCUT2D eigenvalue weighted by atomic mass is 10.3. The molecule has 0 amide bonds. The molecule has 116 valence electrons. The molecule has 5 nitrogen and oxygen atoms in total. The van der Waals surface area contributed by atoms with E-state index in [0.29, 0.717) is 6.61 Å². The monoisotopic (exact) mass is 325 g/mol. The van der Waals surface area contributed by atoms with Gasteiger partial charge in [0.1, 0.15) is 29.4 Å². The molecule has 0 saturated heterocycles. The van der Waals surface area contributed by atoms with Crippen LogP contribution in [0.15, 0.2) is 48.2 Å². The van der Waals surface area contributed by atoms with E-state index in [0.717, 1.165) is 27.9 Å². The third-order valence-electron chi connectivity index (χ3n) is 3.02. The van der Waals surface area contributed by atoms with Crippen molar-refractivity contribution in [3.8, 4) is 11.5 Å². The number of thiazole rings is 1. The fraction of sp³-hybridized carbons (Fsp3) is 0.118. The number of rotatable bonds is 6. The Morgan fingerprint density at radius 3 is 2.57 bits per heavy atom. The number of hydrogen-bond acceptors (Lipinski definition) is 6. The maximum atomic E-state index is 5.72. The highest BCUT2D eigenvalue weighted by atomic mass is 32.1. The van der Waals surface area contributed by atoms with Crippen LogP contribution in [0.25, 0.3) is 12.2 Å². The Morgan fingerprint density at radius 1 is 1.04 bits per heavy atom. The number of aromatic nitrogens is 3. The van der Waals surface area contributed by atoms with Crippen molar-refractivity contribution in [1.82, 2.24) is 15.0 Å². The first-order valence-corrected chi connectivity index (χ1v) is 7.87. The van der Waals surface area contributed by atoms with E-state index < -0.39 is 0 Å². The first-order chi connectivity index (χ1) is 11.3. The van der Waals surface area contributed by atoms with Crippen LogP contribution in [0.1, 0.15) is 16.4 Å². The van der Waals surface area contributed by atoms with Gasteiger partial charge in [-0.2, -0.15) is 0 Å². The highest BCUT2D eigenvalue weighted by Gasteiger charge is 2.02. The van der Waals surface area contributed by atoms with Gasteiger partial charge in [-0.05, 0) is 42.5 Å². The summed E-state index contributed by atoms with van der Waals surface area (Å²) in [5.74, 6) is 1.60. The molecule has 2 aromatic heterocycles. The van der Waals surface area contributed by atoms with Gasteiger partial charge in [-0.1, -0.05) is 0 Å². The lowest BCUT2D eigenvalue weighted by molar-refractivity contribution is 0.305. The topological polar surface area (TPSA) is 57.1 Å². The minimum Gasteiger partial charge on any atom is -0.497 e. The molecule has 0 saturated carbocycles. The summed E-state index contributed by atoms with van der Waals surface area (Å²) in [5.41, 5.74) is 1.74. The second kappa shape index (κ2) is 7.51. The molecule has 0 aliphatic rings. The van der Waals surface area contributed by atoms with Crippen LogP contribution in [0.3, 0.4) is 0 Å². The minimum atomic E-state index is 0.443. The summed E-state index contributed by atoms with van der Waals surface area (Å²) >= 11 is 1.57. The van der Waals surface area contributed by atoms with Gasteiger partial charge in [-0.3, -0.25) is 0 Å². The number of hydrogen-bond donors (Lipinski definition) is 0. The van der Waals surface area contributed by atoms with E-state index in [-0.39, 0.29) is 0 Å². The van der Waals surface area contributed by atoms with Gasteiger partial charge in [0.25, 0.3) is 0 Å². The molecule has 0 bridgehead atoms. The predicted octanol–water partition coefficient (Wildman–Crippen LogP) is 3.69. The fourth-order valence-electron chi connectivity index (χ4n) is 1.86. The van der Waals surface area contributed by atoms with E-state index in [4.69, 9.17) is 9.47 Å². The molecule has 0 unspecified atom stereocenters. The van der Waals surface area contributed by atoms with Gasteiger partial charge in [-0.25, -0.2) is 15.0 Å². The molecular formula is C17H15N3O2S. The summed E-state index contributed by atoms with van der Waals surface area (Å²) in [6, 6.07) is 9.33. The van der Waals surface area contributed by atoms with Crippen LogP contribution < -0.4 is 9.47 Å². The van der Waals surface area contributed by atoms with Crippen molar-refractivity contribution in [2.24, 2.45) is 0 Å². The van der Waals surface area contributed by atoms with Crippen molar-refractivity contribution >= 4 is 23.5 Å². The van der Waals surface area contributed by atoms with Crippen LogP contribution in [0.2, 0.25) is 0 Å². The van der Waals surface area contributed by atoms with E-state index in [9.17, 15) is 0 Å². The second-order valence-corrected chi connectivity index (χ2v) is 5.54. The summed E-state index contributed by atoms with van der Waals surface area (Å²) in [5, 5.41) is 2.91. The molecule has 0 spiro atoms. The van der Waals surface area contributed by atoms with Crippen molar-refractivity contribution < 1.29 is 9.47 Å². The van der Waals surface area contributed by atoms with Gasteiger partial charge in [-0.15, -0.1) is 11.3 Å². The van der Waals surface area contributed by atoms with E-state index in [1.165, 1.54) is 6.33 Å². The van der Waals surface area contributed by atoms with Crippen LogP contribution in [0.5, 0.6) is 11.5 Å². The van der Waals surface area contributed by atoms with Gasteiger partial charge < -0.3 is 9.47 Å². The van der Waals surface area contributed by atoms with Crippen molar-refractivity contribution in [2.45, 2.75) is 6.61 Å². The van der Waals surface area contributed by atoms with Crippen LogP contribution in [0, 0.1) is 0 Å².